The number of ketones is 1. The standard InChI is InChI=1S/C25H20N2OS2/c1-17-9-8-15-27-21-20(26-24(17)27)23(22(28)19-12-6-3-7-13-19)30-25(21)29-16-14-18-10-4-2-5-11-18/h2-13,15H,14,16H2,1H3. The summed E-state index contributed by atoms with van der Waals surface area (Å²) >= 11 is 3.38. The summed E-state index contributed by atoms with van der Waals surface area (Å²) in [6, 6.07) is 24.1. The number of carbonyl (C=O) groups is 1. The zero-order chi connectivity index (χ0) is 20.5. The van der Waals surface area contributed by atoms with Gasteiger partial charge in [-0.05, 0) is 30.5 Å². The Morgan fingerprint density at radius 3 is 2.50 bits per heavy atom. The van der Waals surface area contributed by atoms with Crippen LogP contribution in [0.4, 0.5) is 0 Å². The number of benzene rings is 2. The molecule has 3 nitrogen and oxygen atoms in total. The minimum absolute atomic E-state index is 0.0431. The van der Waals surface area contributed by atoms with E-state index >= 15 is 0 Å². The van der Waals surface area contributed by atoms with Gasteiger partial charge in [-0.15, -0.1) is 23.1 Å². The first kappa shape index (κ1) is 19.1. The average molecular weight is 429 g/mol. The van der Waals surface area contributed by atoms with Crippen molar-refractivity contribution in [3.63, 3.8) is 0 Å². The predicted octanol–water partition coefficient (Wildman–Crippen LogP) is 6.42. The third kappa shape index (κ3) is 3.44. The van der Waals surface area contributed by atoms with Crippen LogP contribution in [-0.2, 0) is 6.42 Å². The van der Waals surface area contributed by atoms with E-state index in [2.05, 4.69) is 41.7 Å². The maximum Gasteiger partial charge on any atom is 0.205 e. The van der Waals surface area contributed by atoms with E-state index < -0.39 is 0 Å². The van der Waals surface area contributed by atoms with E-state index in [1.165, 1.54) is 5.56 Å². The van der Waals surface area contributed by atoms with Crippen molar-refractivity contribution >= 4 is 45.6 Å². The summed E-state index contributed by atoms with van der Waals surface area (Å²) in [5.41, 5.74) is 5.92. The van der Waals surface area contributed by atoms with Crippen LogP contribution < -0.4 is 0 Å². The predicted molar refractivity (Wildman–Crippen MR) is 126 cm³/mol. The van der Waals surface area contributed by atoms with Crippen molar-refractivity contribution in [1.82, 2.24) is 9.38 Å². The molecule has 0 unspecified atom stereocenters. The second-order valence-corrected chi connectivity index (χ2v) is 9.58. The van der Waals surface area contributed by atoms with Crippen LogP contribution in [0.3, 0.4) is 0 Å². The van der Waals surface area contributed by atoms with Gasteiger partial charge in [0.05, 0.1) is 9.73 Å². The Balaban J connectivity index is 1.58. The van der Waals surface area contributed by atoms with Gasteiger partial charge in [-0.25, -0.2) is 4.98 Å². The molecule has 0 saturated carbocycles. The number of fused-ring (bicyclic) bond motifs is 3. The van der Waals surface area contributed by atoms with Gasteiger partial charge in [0.2, 0.25) is 5.78 Å². The minimum atomic E-state index is 0.0431. The Hall–Kier alpha value is -2.89. The molecule has 148 valence electrons. The zero-order valence-corrected chi connectivity index (χ0v) is 18.2. The van der Waals surface area contributed by atoms with Crippen molar-refractivity contribution in [2.24, 2.45) is 0 Å². The Morgan fingerprint density at radius 2 is 1.73 bits per heavy atom. The smallest absolute Gasteiger partial charge is 0.205 e. The van der Waals surface area contributed by atoms with Crippen LogP contribution in [0, 0.1) is 6.92 Å². The molecule has 0 fully saturated rings. The lowest BCUT2D eigenvalue weighted by Gasteiger charge is -2.02. The van der Waals surface area contributed by atoms with Crippen LogP contribution in [0.2, 0.25) is 0 Å². The maximum absolute atomic E-state index is 13.3. The molecule has 0 amide bonds. The van der Waals surface area contributed by atoms with E-state index in [1.54, 1.807) is 11.3 Å². The molecule has 0 bridgehead atoms. The lowest BCUT2D eigenvalue weighted by molar-refractivity contribution is 0.104. The SMILES string of the molecule is Cc1cccn2c1nc1c(C(=O)c3ccccc3)sc(SCCc3ccccc3)c12. The molecule has 0 saturated heterocycles. The molecule has 5 aromatic rings. The van der Waals surface area contributed by atoms with Crippen molar-refractivity contribution in [3.8, 4) is 0 Å². The van der Waals surface area contributed by atoms with E-state index in [9.17, 15) is 4.79 Å². The largest absolute Gasteiger partial charge is 0.298 e. The zero-order valence-electron chi connectivity index (χ0n) is 16.5. The first-order valence-corrected chi connectivity index (χ1v) is 11.7. The number of pyridine rings is 1. The van der Waals surface area contributed by atoms with Crippen LogP contribution in [0.15, 0.2) is 83.2 Å². The van der Waals surface area contributed by atoms with Gasteiger partial charge >= 0.3 is 0 Å². The summed E-state index contributed by atoms with van der Waals surface area (Å²) in [6.07, 6.45) is 3.03. The molecule has 0 spiro atoms. The second-order valence-electron chi connectivity index (χ2n) is 7.19. The quantitative estimate of drug-likeness (QED) is 0.231. The fourth-order valence-electron chi connectivity index (χ4n) is 3.63. The van der Waals surface area contributed by atoms with Crippen LogP contribution in [-0.4, -0.2) is 20.9 Å². The average Bonchev–Trinajstić information content (AvgIpc) is 3.34. The molecule has 0 aliphatic heterocycles. The molecule has 2 aromatic carbocycles. The lowest BCUT2D eigenvalue weighted by atomic mass is 10.1. The van der Waals surface area contributed by atoms with Crippen LogP contribution in [0.25, 0.3) is 16.7 Å². The summed E-state index contributed by atoms with van der Waals surface area (Å²) in [7, 11) is 0. The lowest BCUT2D eigenvalue weighted by Crippen LogP contribution is -1.98. The number of nitrogens with zero attached hydrogens (tertiary/aromatic N) is 2. The third-order valence-corrected chi connectivity index (χ3v) is 7.59. The summed E-state index contributed by atoms with van der Waals surface area (Å²) in [4.78, 5) is 18.9. The number of imidazole rings is 1. The number of hydrogen-bond acceptors (Lipinski definition) is 4. The summed E-state index contributed by atoms with van der Waals surface area (Å²) in [5.74, 6) is 0.999. The maximum atomic E-state index is 13.3. The molecule has 30 heavy (non-hydrogen) atoms. The molecule has 0 aliphatic carbocycles. The number of rotatable bonds is 6. The molecular weight excluding hydrogens is 408 g/mol. The Kier molecular flexibility index (Phi) is 5.15. The summed E-state index contributed by atoms with van der Waals surface area (Å²) in [5, 5.41) is 0. The van der Waals surface area contributed by atoms with Gasteiger partial charge in [-0.3, -0.25) is 9.20 Å². The van der Waals surface area contributed by atoms with Crippen LogP contribution >= 0.6 is 23.1 Å². The molecule has 0 atom stereocenters. The van der Waals surface area contributed by atoms with Crippen LogP contribution in [0.1, 0.15) is 26.4 Å². The molecule has 0 N–H and O–H groups in total. The summed E-state index contributed by atoms with van der Waals surface area (Å²) < 4.78 is 3.28. The molecule has 3 heterocycles. The van der Waals surface area contributed by atoms with Crippen molar-refractivity contribution in [2.45, 2.75) is 17.6 Å². The van der Waals surface area contributed by atoms with Gasteiger partial charge in [0, 0.05) is 17.5 Å². The highest BCUT2D eigenvalue weighted by molar-refractivity contribution is 8.01. The highest BCUT2D eigenvalue weighted by Gasteiger charge is 2.23. The molecule has 3 aromatic heterocycles. The number of carbonyl (C=O) groups excluding carboxylic acids is 1. The Bertz CT molecular complexity index is 1340. The first-order chi connectivity index (χ1) is 14.7. The van der Waals surface area contributed by atoms with E-state index in [0.29, 0.717) is 5.56 Å². The molecule has 5 heteroatoms. The fourth-order valence-corrected chi connectivity index (χ4v) is 6.14. The van der Waals surface area contributed by atoms with Gasteiger partial charge < -0.3 is 0 Å². The monoisotopic (exact) mass is 428 g/mol. The number of thiophene rings is 1. The van der Waals surface area contributed by atoms with Gasteiger partial charge in [-0.2, -0.15) is 0 Å². The molecular formula is C25H20N2OS2. The number of aryl methyl sites for hydroxylation is 2. The highest BCUT2D eigenvalue weighted by Crippen LogP contribution is 2.40. The number of aromatic nitrogens is 2. The van der Waals surface area contributed by atoms with Crippen molar-refractivity contribution in [1.29, 1.82) is 0 Å². The van der Waals surface area contributed by atoms with Gasteiger partial charge in [0.15, 0.2) is 0 Å². The van der Waals surface area contributed by atoms with Crippen molar-refractivity contribution in [2.75, 3.05) is 5.75 Å². The van der Waals surface area contributed by atoms with E-state index in [-0.39, 0.29) is 5.78 Å². The van der Waals surface area contributed by atoms with Gasteiger partial charge in [0.1, 0.15) is 16.0 Å². The van der Waals surface area contributed by atoms with Gasteiger partial charge in [0.25, 0.3) is 0 Å². The topological polar surface area (TPSA) is 34.4 Å². The second kappa shape index (κ2) is 8.09. The molecule has 0 aliphatic rings. The Morgan fingerprint density at radius 1 is 1.00 bits per heavy atom. The van der Waals surface area contributed by atoms with Crippen molar-refractivity contribution < 1.29 is 4.79 Å². The van der Waals surface area contributed by atoms with E-state index in [1.807, 2.05) is 60.4 Å². The fraction of sp³-hybridized carbons (Fsp3) is 0.120. The highest BCUT2D eigenvalue weighted by atomic mass is 32.2. The summed E-state index contributed by atoms with van der Waals surface area (Å²) in [6.45, 7) is 2.06. The Labute approximate surface area is 183 Å². The molecule has 5 rings (SSSR count). The van der Waals surface area contributed by atoms with E-state index in [0.717, 1.165) is 43.5 Å². The van der Waals surface area contributed by atoms with E-state index in [4.69, 9.17) is 4.98 Å². The normalized spacial score (nSPS) is 11.4. The third-order valence-electron chi connectivity index (χ3n) is 5.16. The molecule has 0 radical (unpaired) electrons. The van der Waals surface area contributed by atoms with Crippen molar-refractivity contribution in [3.05, 3.63) is 101 Å². The van der Waals surface area contributed by atoms with Crippen LogP contribution in [0.5, 0.6) is 0 Å². The van der Waals surface area contributed by atoms with Gasteiger partial charge in [-0.1, -0.05) is 66.7 Å². The number of thioether (sulfide) groups is 1. The first-order valence-electron chi connectivity index (χ1n) is 9.89. The number of hydrogen-bond donors (Lipinski definition) is 0. The minimum Gasteiger partial charge on any atom is -0.298 e.